The minimum atomic E-state index is -0.215. The summed E-state index contributed by atoms with van der Waals surface area (Å²) in [5.41, 5.74) is 4.68. The van der Waals surface area contributed by atoms with Crippen LogP contribution in [0.15, 0.2) is 48.5 Å². The summed E-state index contributed by atoms with van der Waals surface area (Å²) in [5, 5.41) is 0. The number of hydrogen-bond acceptors (Lipinski definition) is 1. The molecule has 19 heavy (non-hydrogen) atoms. The molecule has 2 aromatic rings. The number of carbonyl (C=O) groups is 1. The molecule has 0 unspecified atom stereocenters. The van der Waals surface area contributed by atoms with E-state index < -0.39 is 0 Å². The second-order valence-electron chi connectivity index (χ2n) is 5.92. The number of fused-ring (bicyclic) bond motifs is 2. The Labute approximate surface area is 113 Å². The lowest BCUT2D eigenvalue weighted by molar-refractivity contribution is 0.0800. The van der Waals surface area contributed by atoms with Crippen LogP contribution in [0.2, 0.25) is 0 Å². The molecule has 0 N–H and O–H groups in total. The molecule has 0 aromatic heterocycles. The van der Waals surface area contributed by atoms with E-state index in [0.717, 1.165) is 18.4 Å². The first kappa shape index (κ1) is 11.0. The molecule has 2 aromatic carbocycles. The van der Waals surface area contributed by atoms with Gasteiger partial charge in [-0.15, -0.1) is 0 Å². The van der Waals surface area contributed by atoms with Crippen molar-refractivity contribution < 1.29 is 4.79 Å². The Morgan fingerprint density at radius 3 is 2.32 bits per heavy atom. The topological polar surface area (TPSA) is 17.1 Å². The standard InChI is InChI=1S/C18H16O/c1-12-15-8-4-2-6-13(15)10-18(12)11-14-7-3-5-9-16(14)17(18)19/h2-9,12H,10-11H2,1H3/t12-,18-/m1/s1. The fraction of sp³-hybridized carbons (Fsp3) is 0.278. The van der Waals surface area contributed by atoms with Crippen molar-refractivity contribution in [2.24, 2.45) is 5.41 Å². The number of Topliss-reactive ketones (excluding diaryl/α,β-unsaturated/α-hetero) is 1. The average molecular weight is 248 g/mol. The Kier molecular flexibility index (Phi) is 2.06. The smallest absolute Gasteiger partial charge is 0.170 e. The van der Waals surface area contributed by atoms with Gasteiger partial charge in [0.1, 0.15) is 0 Å². The summed E-state index contributed by atoms with van der Waals surface area (Å²) in [6.07, 6.45) is 1.80. The minimum absolute atomic E-state index is 0.215. The summed E-state index contributed by atoms with van der Waals surface area (Å²) >= 11 is 0. The SMILES string of the molecule is C[C@@H]1c2ccccc2C[C@@]12Cc1ccccc1C2=O. The van der Waals surface area contributed by atoms with Gasteiger partial charge in [-0.3, -0.25) is 4.79 Å². The predicted octanol–water partition coefficient (Wildman–Crippen LogP) is 3.77. The van der Waals surface area contributed by atoms with Crippen LogP contribution in [0.25, 0.3) is 0 Å². The van der Waals surface area contributed by atoms with Crippen molar-refractivity contribution in [2.75, 3.05) is 0 Å². The highest BCUT2D eigenvalue weighted by Gasteiger charge is 2.53. The van der Waals surface area contributed by atoms with E-state index in [1.807, 2.05) is 18.2 Å². The van der Waals surface area contributed by atoms with E-state index >= 15 is 0 Å². The van der Waals surface area contributed by atoms with Crippen molar-refractivity contribution in [1.29, 1.82) is 0 Å². The molecule has 94 valence electrons. The Bertz CT molecular complexity index is 682. The van der Waals surface area contributed by atoms with Crippen molar-refractivity contribution in [1.82, 2.24) is 0 Å². The van der Waals surface area contributed by atoms with Gasteiger partial charge in [0.05, 0.1) is 0 Å². The first-order chi connectivity index (χ1) is 9.22. The molecule has 0 fully saturated rings. The molecule has 1 spiro atoms. The third-order valence-electron chi connectivity index (χ3n) is 5.08. The molecule has 1 nitrogen and oxygen atoms in total. The summed E-state index contributed by atoms with van der Waals surface area (Å²) in [6.45, 7) is 2.22. The highest BCUT2D eigenvalue weighted by Crippen LogP contribution is 2.54. The van der Waals surface area contributed by atoms with E-state index in [0.29, 0.717) is 11.7 Å². The number of carbonyl (C=O) groups excluding carboxylic acids is 1. The van der Waals surface area contributed by atoms with Gasteiger partial charge < -0.3 is 0 Å². The zero-order valence-corrected chi connectivity index (χ0v) is 11.0. The highest BCUT2D eigenvalue weighted by molar-refractivity contribution is 6.06. The van der Waals surface area contributed by atoms with Crippen LogP contribution >= 0.6 is 0 Å². The van der Waals surface area contributed by atoms with Crippen LogP contribution in [0.1, 0.15) is 39.9 Å². The average Bonchev–Trinajstić information content (AvgIpc) is 2.88. The van der Waals surface area contributed by atoms with Crippen molar-refractivity contribution in [3.8, 4) is 0 Å². The highest BCUT2D eigenvalue weighted by atomic mass is 16.1. The van der Waals surface area contributed by atoms with E-state index in [1.165, 1.54) is 16.7 Å². The van der Waals surface area contributed by atoms with Gasteiger partial charge >= 0.3 is 0 Å². The summed E-state index contributed by atoms with van der Waals surface area (Å²) < 4.78 is 0. The Morgan fingerprint density at radius 2 is 1.58 bits per heavy atom. The summed E-state index contributed by atoms with van der Waals surface area (Å²) in [5.74, 6) is 0.676. The van der Waals surface area contributed by atoms with Gasteiger partial charge in [0.2, 0.25) is 0 Å². The number of rotatable bonds is 0. The van der Waals surface area contributed by atoms with Crippen LogP contribution in [-0.2, 0) is 12.8 Å². The van der Waals surface area contributed by atoms with Crippen molar-refractivity contribution in [3.63, 3.8) is 0 Å². The molecule has 0 heterocycles. The van der Waals surface area contributed by atoms with Crippen LogP contribution in [0.4, 0.5) is 0 Å². The molecule has 4 rings (SSSR count). The van der Waals surface area contributed by atoms with Crippen LogP contribution in [0.5, 0.6) is 0 Å². The van der Waals surface area contributed by atoms with Crippen LogP contribution in [0.3, 0.4) is 0 Å². The van der Waals surface area contributed by atoms with Gasteiger partial charge in [0, 0.05) is 11.0 Å². The lowest BCUT2D eigenvalue weighted by Crippen LogP contribution is -2.31. The maximum absolute atomic E-state index is 12.9. The quantitative estimate of drug-likeness (QED) is 0.693. The van der Waals surface area contributed by atoms with Gasteiger partial charge in [-0.05, 0) is 35.4 Å². The molecule has 0 aliphatic heterocycles. The van der Waals surface area contributed by atoms with E-state index in [4.69, 9.17) is 0 Å². The maximum atomic E-state index is 12.9. The van der Waals surface area contributed by atoms with Crippen LogP contribution < -0.4 is 0 Å². The van der Waals surface area contributed by atoms with Crippen LogP contribution in [0, 0.1) is 5.41 Å². The van der Waals surface area contributed by atoms with Gasteiger partial charge in [-0.2, -0.15) is 0 Å². The van der Waals surface area contributed by atoms with Crippen LogP contribution in [-0.4, -0.2) is 5.78 Å². The third-order valence-corrected chi connectivity index (χ3v) is 5.08. The zero-order chi connectivity index (χ0) is 13.0. The Morgan fingerprint density at radius 1 is 0.947 bits per heavy atom. The normalized spacial score (nSPS) is 27.6. The molecule has 1 heteroatoms. The van der Waals surface area contributed by atoms with Crippen molar-refractivity contribution in [3.05, 3.63) is 70.8 Å². The van der Waals surface area contributed by atoms with E-state index in [1.54, 1.807) is 0 Å². The minimum Gasteiger partial charge on any atom is -0.293 e. The maximum Gasteiger partial charge on any atom is 0.170 e. The lowest BCUT2D eigenvalue weighted by Gasteiger charge is -2.27. The van der Waals surface area contributed by atoms with E-state index in [2.05, 4.69) is 37.3 Å². The largest absolute Gasteiger partial charge is 0.293 e. The molecule has 0 radical (unpaired) electrons. The second-order valence-corrected chi connectivity index (χ2v) is 5.92. The van der Waals surface area contributed by atoms with Gasteiger partial charge in [-0.1, -0.05) is 55.5 Å². The molecule has 2 atom stereocenters. The van der Waals surface area contributed by atoms with Crippen molar-refractivity contribution in [2.45, 2.75) is 25.7 Å². The summed E-state index contributed by atoms with van der Waals surface area (Å²) in [4.78, 5) is 12.9. The fourth-order valence-corrected chi connectivity index (χ4v) is 3.99. The first-order valence-corrected chi connectivity index (χ1v) is 6.93. The van der Waals surface area contributed by atoms with Gasteiger partial charge in [0.25, 0.3) is 0 Å². The summed E-state index contributed by atoms with van der Waals surface area (Å²) in [7, 11) is 0. The van der Waals surface area contributed by atoms with Gasteiger partial charge in [-0.25, -0.2) is 0 Å². The Hall–Kier alpha value is -1.89. The lowest BCUT2D eigenvalue weighted by atomic mass is 9.74. The zero-order valence-electron chi connectivity index (χ0n) is 11.0. The number of benzene rings is 2. The molecule has 0 saturated carbocycles. The second kappa shape index (κ2) is 3.57. The molecular weight excluding hydrogens is 232 g/mol. The Balaban J connectivity index is 1.86. The number of ketones is 1. The van der Waals surface area contributed by atoms with E-state index in [9.17, 15) is 4.79 Å². The molecular formula is C18H16O. The molecule has 0 amide bonds. The number of hydrogen-bond donors (Lipinski definition) is 0. The molecule has 0 bridgehead atoms. The third kappa shape index (κ3) is 1.28. The monoisotopic (exact) mass is 248 g/mol. The van der Waals surface area contributed by atoms with Gasteiger partial charge in [0.15, 0.2) is 5.78 Å². The van der Waals surface area contributed by atoms with E-state index in [-0.39, 0.29) is 5.41 Å². The molecule has 0 saturated heterocycles. The molecule has 2 aliphatic rings. The van der Waals surface area contributed by atoms with Crippen molar-refractivity contribution >= 4 is 5.78 Å². The fourth-order valence-electron chi connectivity index (χ4n) is 3.99. The first-order valence-electron chi connectivity index (χ1n) is 6.93. The molecule has 2 aliphatic carbocycles. The predicted molar refractivity (Wildman–Crippen MR) is 75.5 cm³/mol. The summed E-state index contributed by atoms with van der Waals surface area (Å²) in [6, 6.07) is 16.6.